The molecular formula is C28H29N3O2. The van der Waals surface area contributed by atoms with Crippen molar-refractivity contribution in [1.29, 1.82) is 0 Å². The van der Waals surface area contributed by atoms with E-state index in [0.717, 1.165) is 47.7 Å². The van der Waals surface area contributed by atoms with Gasteiger partial charge in [-0.1, -0.05) is 55.5 Å². The van der Waals surface area contributed by atoms with E-state index < -0.39 is 0 Å². The summed E-state index contributed by atoms with van der Waals surface area (Å²) in [6, 6.07) is 26.4. The Morgan fingerprint density at radius 1 is 0.970 bits per heavy atom. The van der Waals surface area contributed by atoms with E-state index in [9.17, 15) is 4.79 Å². The fourth-order valence-corrected chi connectivity index (χ4v) is 4.76. The second-order valence-corrected chi connectivity index (χ2v) is 8.51. The highest BCUT2D eigenvalue weighted by atomic mass is 16.5. The Bertz CT molecular complexity index is 1250. The van der Waals surface area contributed by atoms with Crippen LogP contribution in [0.4, 0.5) is 5.69 Å². The first-order valence-corrected chi connectivity index (χ1v) is 11.8. The molecule has 1 amide bonds. The van der Waals surface area contributed by atoms with Gasteiger partial charge in [-0.15, -0.1) is 0 Å². The van der Waals surface area contributed by atoms with Gasteiger partial charge in [0.25, 0.3) is 0 Å². The topological polar surface area (TPSA) is 47.4 Å². The Kier molecular flexibility index (Phi) is 6.11. The summed E-state index contributed by atoms with van der Waals surface area (Å²) in [5.41, 5.74) is 4.34. The summed E-state index contributed by atoms with van der Waals surface area (Å²) in [6.07, 6.45) is 2.26. The molecule has 168 valence electrons. The molecule has 0 spiro atoms. The lowest BCUT2D eigenvalue weighted by atomic mass is 10.1. The molecule has 2 heterocycles. The van der Waals surface area contributed by atoms with E-state index in [2.05, 4.69) is 35.8 Å². The van der Waals surface area contributed by atoms with Crippen molar-refractivity contribution in [3.05, 3.63) is 90.3 Å². The number of carbonyl (C=O) groups is 1. The summed E-state index contributed by atoms with van der Waals surface area (Å²) in [7, 11) is 0. The third-order valence-electron chi connectivity index (χ3n) is 6.38. The van der Waals surface area contributed by atoms with Crippen LogP contribution in [0.25, 0.3) is 11.0 Å². The highest BCUT2D eigenvalue weighted by Crippen LogP contribution is 2.34. The number of hydrogen-bond donors (Lipinski definition) is 0. The number of benzene rings is 3. The molecule has 1 saturated heterocycles. The second-order valence-electron chi connectivity index (χ2n) is 8.51. The number of para-hydroxylation sites is 4. The summed E-state index contributed by atoms with van der Waals surface area (Å²) in [5.74, 6) is 2.14. The SMILES string of the molecule is CCc1ccccc1N1C[C@H](c2nc3ccccc3n2CCCOc2ccccc2)CC1=O. The number of aromatic nitrogens is 2. The van der Waals surface area contributed by atoms with Gasteiger partial charge in [-0.05, 0) is 48.7 Å². The first kappa shape index (κ1) is 21.3. The fraction of sp³-hybridized carbons (Fsp3) is 0.286. The number of fused-ring (bicyclic) bond motifs is 1. The molecule has 1 fully saturated rings. The maximum Gasteiger partial charge on any atom is 0.227 e. The van der Waals surface area contributed by atoms with E-state index in [4.69, 9.17) is 9.72 Å². The van der Waals surface area contributed by atoms with Crippen LogP contribution in [0.1, 0.15) is 37.1 Å². The van der Waals surface area contributed by atoms with Crippen molar-refractivity contribution in [2.45, 2.75) is 38.6 Å². The van der Waals surface area contributed by atoms with Crippen molar-refractivity contribution in [3.63, 3.8) is 0 Å². The number of nitrogens with zero attached hydrogens (tertiary/aromatic N) is 3. The number of rotatable bonds is 8. The lowest BCUT2D eigenvalue weighted by molar-refractivity contribution is -0.117. The lowest BCUT2D eigenvalue weighted by Gasteiger charge is -2.20. The third kappa shape index (κ3) is 4.36. The summed E-state index contributed by atoms with van der Waals surface area (Å²) < 4.78 is 8.19. The first-order chi connectivity index (χ1) is 16.2. The van der Waals surface area contributed by atoms with Gasteiger partial charge in [-0.3, -0.25) is 4.79 Å². The van der Waals surface area contributed by atoms with Crippen molar-refractivity contribution >= 4 is 22.6 Å². The maximum atomic E-state index is 13.0. The predicted octanol–water partition coefficient (Wildman–Crippen LogP) is 5.59. The van der Waals surface area contributed by atoms with Gasteiger partial charge >= 0.3 is 0 Å². The molecular weight excluding hydrogens is 410 g/mol. The smallest absolute Gasteiger partial charge is 0.227 e. The largest absolute Gasteiger partial charge is 0.494 e. The van der Waals surface area contributed by atoms with Gasteiger partial charge in [0.15, 0.2) is 0 Å². The Morgan fingerprint density at radius 2 is 1.73 bits per heavy atom. The summed E-state index contributed by atoms with van der Waals surface area (Å²) in [6.45, 7) is 4.24. The Labute approximate surface area is 194 Å². The third-order valence-corrected chi connectivity index (χ3v) is 6.38. The van der Waals surface area contributed by atoms with Gasteiger partial charge < -0.3 is 14.2 Å². The minimum Gasteiger partial charge on any atom is -0.494 e. The molecule has 1 aliphatic rings. The molecule has 0 bridgehead atoms. The quantitative estimate of drug-likeness (QED) is 0.336. The molecule has 4 aromatic rings. The molecule has 5 nitrogen and oxygen atoms in total. The van der Waals surface area contributed by atoms with Gasteiger partial charge in [0, 0.05) is 31.1 Å². The van der Waals surface area contributed by atoms with Crippen molar-refractivity contribution in [2.75, 3.05) is 18.1 Å². The minimum atomic E-state index is 0.0739. The molecule has 0 radical (unpaired) electrons. The van der Waals surface area contributed by atoms with Crippen molar-refractivity contribution in [1.82, 2.24) is 9.55 Å². The molecule has 3 aromatic carbocycles. The van der Waals surface area contributed by atoms with Crippen LogP contribution in [0.5, 0.6) is 5.75 Å². The second kappa shape index (κ2) is 9.49. The fourth-order valence-electron chi connectivity index (χ4n) is 4.76. The normalized spacial score (nSPS) is 16.0. The van der Waals surface area contributed by atoms with Crippen LogP contribution < -0.4 is 9.64 Å². The van der Waals surface area contributed by atoms with Gasteiger partial charge in [-0.2, -0.15) is 0 Å². The number of ether oxygens (including phenoxy) is 1. The van der Waals surface area contributed by atoms with Crippen LogP contribution in [0.2, 0.25) is 0 Å². The minimum absolute atomic E-state index is 0.0739. The van der Waals surface area contributed by atoms with Gasteiger partial charge in [0.05, 0.1) is 17.6 Å². The molecule has 5 heteroatoms. The Balaban J connectivity index is 1.37. The molecule has 33 heavy (non-hydrogen) atoms. The van der Waals surface area contributed by atoms with E-state index in [0.29, 0.717) is 19.6 Å². The van der Waals surface area contributed by atoms with E-state index in [1.54, 1.807) is 0 Å². The van der Waals surface area contributed by atoms with Crippen molar-refractivity contribution in [2.24, 2.45) is 0 Å². The molecule has 0 aliphatic carbocycles. The molecule has 0 N–H and O–H groups in total. The van der Waals surface area contributed by atoms with Gasteiger partial charge in [-0.25, -0.2) is 4.98 Å². The molecule has 0 unspecified atom stereocenters. The summed E-state index contributed by atoms with van der Waals surface area (Å²) in [4.78, 5) is 20.0. The Hall–Kier alpha value is -3.60. The van der Waals surface area contributed by atoms with Crippen LogP contribution in [0.15, 0.2) is 78.9 Å². The van der Waals surface area contributed by atoms with E-state index in [-0.39, 0.29) is 11.8 Å². The van der Waals surface area contributed by atoms with Gasteiger partial charge in [0.1, 0.15) is 11.6 Å². The summed E-state index contributed by atoms with van der Waals surface area (Å²) in [5, 5.41) is 0. The van der Waals surface area contributed by atoms with E-state index in [1.165, 1.54) is 5.56 Å². The maximum absolute atomic E-state index is 13.0. The highest BCUT2D eigenvalue weighted by molar-refractivity contribution is 5.97. The Morgan fingerprint density at radius 3 is 2.58 bits per heavy atom. The zero-order chi connectivity index (χ0) is 22.6. The van der Waals surface area contributed by atoms with Crippen LogP contribution in [0, 0.1) is 0 Å². The number of amides is 1. The average Bonchev–Trinajstić information content (AvgIpc) is 3.43. The van der Waals surface area contributed by atoms with Crippen molar-refractivity contribution < 1.29 is 9.53 Å². The molecule has 0 saturated carbocycles. The number of anilines is 1. The van der Waals surface area contributed by atoms with Crippen LogP contribution in [-0.2, 0) is 17.8 Å². The van der Waals surface area contributed by atoms with Crippen LogP contribution in [-0.4, -0.2) is 28.6 Å². The van der Waals surface area contributed by atoms with E-state index in [1.807, 2.05) is 59.5 Å². The summed E-state index contributed by atoms with van der Waals surface area (Å²) >= 11 is 0. The lowest BCUT2D eigenvalue weighted by Crippen LogP contribution is -2.25. The highest BCUT2D eigenvalue weighted by Gasteiger charge is 2.35. The molecule has 5 rings (SSSR count). The predicted molar refractivity (Wildman–Crippen MR) is 132 cm³/mol. The zero-order valence-corrected chi connectivity index (χ0v) is 19.0. The monoisotopic (exact) mass is 439 g/mol. The number of aryl methyl sites for hydroxylation is 2. The first-order valence-electron chi connectivity index (χ1n) is 11.8. The number of carbonyl (C=O) groups excluding carboxylic acids is 1. The molecule has 1 atom stereocenters. The van der Waals surface area contributed by atoms with Crippen molar-refractivity contribution in [3.8, 4) is 5.75 Å². The zero-order valence-electron chi connectivity index (χ0n) is 19.0. The van der Waals surface area contributed by atoms with Gasteiger partial charge in [0.2, 0.25) is 5.91 Å². The standard InChI is InChI=1S/C28H29N3O2/c1-2-21-11-6-8-15-25(21)31-20-22(19-27(31)32)28-29-24-14-7-9-16-26(24)30(28)17-10-18-33-23-12-4-3-5-13-23/h3-9,11-16,22H,2,10,17-20H2,1H3/t22-/m1/s1. The van der Waals surface area contributed by atoms with Crippen LogP contribution in [0.3, 0.4) is 0 Å². The molecule has 1 aliphatic heterocycles. The number of imidazole rings is 1. The number of hydrogen-bond acceptors (Lipinski definition) is 3. The van der Waals surface area contributed by atoms with E-state index >= 15 is 0 Å². The molecule has 1 aromatic heterocycles. The average molecular weight is 440 g/mol. The van der Waals surface area contributed by atoms with Crippen LogP contribution >= 0.6 is 0 Å².